The number of ether oxygens (including phenoxy) is 5. The fourth-order valence-electron chi connectivity index (χ4n) is 6.53. The van der Waals surface area contributed by atoms with Gasteiger partial charge in [-0.2, -0.15) is 0 Å². The quantitative estimate of drug-likeness (QED) is 0.0683. The number of carbonyl (C=O) groups excluding carboxylic acids is 4. The molecule has 3 N–H and O–H groups in total. The number of aromatic nitrogens is 2. The lowest BCUT2D eigenvalue weighted by atomic mass is 9.67. The number of H-pyrrole nitrogens is 1. The predicted octanol–water partition coefficient (Wildman–Crippen LogP) is 3.86. The number of rotatable bonds is 17. The minimum absolute atomic E-state index is 0.0182. The van der Waals surface area contributed by atoms with Crippen molar-refractivity contribution in [3.8, 4) is 0 Å². The zero-order valence-electron chi connectivity index (χ0n) is 31.6. The van der Waals surface area contributed by atoms with E-state index in [1.165, 1.54) is 17.7 Å². The topological polar surface area (TPSA) is 195 Å². The Morgan fingerprint density at radius 3 is 1.89 bits per heavy atom. The monoisotopic (exact) mass is 769 g/mol. The van der Waals surface area contributed by atoms with Crippen LogP contribution in [0.2, 0.25) is 0 Å². The van der Waals surface area contributed by atoms with Gasteiger partial charge in [-0.1, -0.05) is 105 Å². The van der Waals surface area contributed by atoms with Crippen LogP contribution in [0.25, 0.3) is 0 Å². The van der Waals surface area contributed by atoms with Crippen molar-refractivity contribution >= 4 is 23.9 Å². The molecule has 1 fully saturated rings. The van der Waals surface area contributed by atoms with Crippen LogP contribution < -0.4 is 17.0 Å². The highest BCUT2D eigenvalue weighted by molar-refractivity contribution is 5.78. The van der Waals surface area contributed by atoms with Gasteiger partial charge in [0.1, 0.15) is 44.3 Å². The molecular formula is C42H47N3O11. The summed E-state index contributed by atoms with van der Waals surface area (Å²) in [5.41, 5.74) is 6.42. The maximum absolute atomic E-state index is 14.0. The van der Waals surface area contributed by atoms with Crippen LogP contribution in [0.3, 0.4) is 0 Å². The Morgan fingerprint density at radius 1 is 0.804 bits per heavy atom. The van der Waals surface area contributed by atoms with Gasteiger partial charge in [-0.15, -0.1) is 0 Å². The van der Waals surface area contributed by atoms with Crippen LogP contribution in [0.15, 0.2) is 107 Å². The van der Waals surface area contributed by atoms with Gasteiger partial charge in [0.2, 0.25) is 0 Å². The molecule has 0 radical (unpaired) electrons. The molecule has 1 aromatic heterocycles. The molecule has 0 aliphatic carbocycles. The van der Waals surface area contributed by atoms with Crippen molar-refractivity contribution in [1.82, 2.24) is 9.55 Å². The maximum Gasteiger partial charge on any atom is 0.330 e. The molecule has 296 valence electrons. The molecule has 56 heavy (non-hydrogen) atoms. The highest BCUT2D eigenvalue weighted by atomic mass is 16.6. The van der Waals surface area contributed by atoms with E-state index in [0.717, 1.165) is 16.7 Å². The third kappa shape index (κ3) is 10.3. The van der Waals surface area contributed by atoms with Crippen LogP contribution in [0.1, 0.15) is 68.0 Å². The van der Waals surface area contributed by atoms with Crippen molar-refractivity contribution in [3.63, 3.8) is 0 Å². The Labute approximate surface area is 323 Å². The van der Waals surface area contributed by atoms with Crippen molar-refractivity contribution in [3.05, 3.63) is 140 Å². The molecule has 2 heterocycles. The van der Waals surface area contributed by atoms with Gasteiger partial charge in [-0.25, -0.2) is 4.79 Å². The molecule has 3 aromatic carbocycles. The molecule has 14 heteroatoms. The highest BCUT2D eigenvalue weighted by Crippen LogP contribution is 2.42. The molecule has 0 bridgehead atoms. The second-order valence-electron chi connectivity index (χ2n) is 13.9. The maximum atomic E-state index is 14.0. The van der Waals surface area contributed by atoms with E-state index in [1.54, 1.807) is 13.8 Å². The summed E-state index contributed by atoms with van der Waals surface area (Å²) in [6.07, 6.45) is -2.42. The first kappa shape index (κ1) is 41.3. The molecule has 0 saturated carbocycles. The summed E-state index contributed by atoms with van der Waals surface area (Å²) < 4.78 is 29.1. The molecule has 4 aromatic rings. The number of nitrogens with two attached hydrogens (primary N) is 1. The molecule has 1 saturated heterocycles. The van der Waals surface area contributed by atoms with E-state index in [1.807, 2.05) is 91.0 Å². The molecule has 1 aliphatic heterocycles. The van der Waals surface area contributed by atoms with Crippen molar-refractivity contribution < 1.29 is 42.9 Å². The predicted molar refractivity (Wildman–Crippen MR) is 203 cm³/mol. The van der Waals surface area contributed by atoms with E-state index in [4.69, 9.17) is 29.4 Å². The number of carbonyl (C=O) groups is 4. The average molecular weight is 770 g/mol. The summed E-state index contributed by atoms with van der Waals surface area (Å²) in [7, 11) is 0. The van der Waals surface area contributed by atoms with Gasteiger partial charge in [0, 0.05) is 18.2 Å². The first-order valence-corrected chi connectivity index (χ1v) is 18.5. The lowest BCUT2D eigenvalue weighted by Gasteiger charge is -2.35. The number of hydrogen-bond acceptors (Lipinski definition) is 12. The van der Waals surface area contributed by atoms with E-state index in [-0.39, 0.29) is 57.0 Å². The summed E-state index contributed by atoms with van der Waals surface area (Å²) in [4.78, 5) is 78.3. The summed E-state index contributed by atoms with van der Waals surface area (Å²) in [6.45, 7) is 4.34. The van der Waals surface area contributed by atoms with Gasteiger partial charge in [0.15, 0.2) is 0 Å². The van der Waals surface area contributed by atoms with Gasteiger partial charge >= 0.3 is 29.6 Å². The summed E-state index contributed by atoms with van der Waals surface area (Å²) in [5, 5.41) is 0. The lowest BCUT2D eigenvalue weighted by molar-refractivity contribution is -0.161. The molecule has 0 unspecified atom stereocenters. The molecule has 5 rings (SSSR count). The Bertz CT molecular complexity index is 1970. The van der Waals surface area contributed by atoms with Gasteiger partial charge in [0.25, 0.3) is 5.56 Å². The third-order valence-electron chi connectivity index (χ3n) is 9.65. The SMILES string of the molecule is Cc1cn([C@H]2C[C@H](OC(=O)CCC(=O)OCCOC(=O)[C@@H](N)C(C)C)[C@@H](COC(=O)CC(c3ccccc3)(c3ccccc3)c3ccccc3)O2)c(=O)[nH]c1=O. The molecule has 1 aliphatic rings. The largest absolute Gasteiger partial charge is 0.463 e. The smallest absolute Gasteiger partial charge is 0.330 e. The van der Waals surface area contributed by atoms with Gasteiger partial charge < -0.3 is 29.4 Å². The zero-order chi connectivity index (χ0) is 40.2. The van der Waals surface area contributed by atoms with Crippen LogP contribution in [-0.2, 0) is 48.3 Å². The molecule has 0 spiro atoms. The van der Waals surface area contributed by atoms with Crippen LogP contribution in [-0.4, -0.2) is 71.5 Å². The number of benzene rings is 3. The Balaban J connectivity index is 1.28. The van der Waals surface area contributed by atoms with Gasteiger partial charge in [-0.3, -0.25) is 33.5 Å². The summed E-state index contributed by atoms with van der Waals surface area (Å²) in [5.74, 6) is -2.77. The third-order valence-corrected chi connectivity index (χ3v) is 9.65. The van der Waals surface area contributed by atoms with Crippen molar-refractivity contribution in [2.45, 2.75) is 76.3 Å². The standard InChI is InChI=1S/C42H47N3O11/c1-27(2)38(43)40(50)53-22-21-52-35(46)19-20-36(47)56-32-23-34(45-25-28(3)39(49)44-41(45)51)55-33(32)26-54-37(48)24-42(29-13-7-4-8-14-29,30-15-9-5-10-16-30)31-17-11-6-12-18-31/h4-18,25,27,32-34,38H,19-24,26,43H2,1-3H3,(H,44,49,51)/t32-,33+,34+,38-/m0/s1. The van der Waals surface area contributed by atoms with Crippen molar-refractivity contribution in [1.29, 1.82) is 0 Å². The normalized spacial score (nSPS) is 17.2. The highest BCUT2D eigenvalue weighted by Gasteiger charge is 2.42. The van der Waals surface area contributed by atoms with Crippen molar-refractivity contribution in [2.24, 2.45) is 11.7 Å². The lowest BCUT2D eigenvalue weighted by Crippen LogP contribution is -2.37. The molecule has 4 atom stereocenters. The Morgan fingerprint density at radius 2 is 1.34 bits per heavy atom. The second-order valence-corrected chi connectivity index (χ2v) is 13.9. The fourth-order valence-corrected chi connectivity index (χ4v) is 6.53. The Kier molecular flexibility index (Phi) is 14.1. The first-order chi connectivity index (χ1) is 26.9. The first-order valence-electron chi connectivity index (χ1n) is 18.5. The summed E-state index contributed by atoms with van der Waals surface area (Å²) >= 11 is 0. The number of esters is 4. The van der Waals surface area contributed by atoms with E-state index < -0.39 is 65.0 Å². The average Bonchev–Trinajstić information content (AvgIpc) is 3.60. The van der Waals surface area contributed by atoms with Crippen molar-refractivity contribution in [2.75, 3.05) is 19.8 Å². The zero-order valence-corrected chi connectivity index (χ0v) is 31.6. The second kappa shape index (κ2) is 19.1. The summed E-state index contributed by atoms with van der Waals surface area (Å²) in [6, 6.07) is 28.2. The van der Waals surface area contributed by atoms with Crippen LogP contribution in [0.4, 0.5) is 0 Å². The number of nitrogens with one attached hydrogen (secondary N) is 1. The van der Waals surface area contributed by atoms with E-state index in [9.17, 15) is 28.8 Å². The number of nitrogens with zero attached hydrogens (tertiary/aromatic N) is 1. The van der Waals surface area contributed by atoms with E-state index >= 15 is 0 Å². The molecular weight excluding hydrogens is 722 g/mol. The number of hydrogen-bond donors (Lipinski definition) is 2. The van der Waals surface area contributed by atoms with Gasteiger partial charge in [0.05, 0.1) is 24.7 Å². The number of aromatic amines is 1. The fraction of sp³-hybridized carbons (Fsp3) is 0.381. The Hall–Kier alpha value is -5.86. The minimum Gasteiger partial charge on any atom is -0.463 e. The van der Waals surface area contributed by atoms with Crippen LogP contribution in [0, 0.1) is 12.8 Å². The molecule has 14 nitrogen and oxygen atoms in total. The molecule has 0 amide bonds. The van der Waals surface area contributed by atoms with Gasteiger partial charge in [-0.05, 0) is 29.5 Å². The van der Waals surface area contributed by atoms with E-state index in [0.29, 0.717) is 0 Å². The number of aryl methyl sites for hydroxylation is 1. The van der Waals surface area contributed by atoms with Crippen LogP contribution in [0.5, 0.6) is 0 Å². The van der Waals surface area contributed by atoms with Crippen LogP contribution >= 0.6 is 0 Å². The minimum atomic E-state index is -1.01. The van der Waals surface area contributed by atoms with E-state index in [2.05, 4.69) is 4.98 Å².